The normalized spacial score (nSPS) is 22.2. The van der Waals surface area contributed by atoms with Crippen LogP contribution in [0, 0.1) is 11.8 Å². The fourth-order valence-corrected chi connectivity index (χ4v) is 9.72. The second-order valence-corrected chi connectivity index (χ2v) is 16.0. The van der Waals surface area contributed by atoms with Crippen molar-refractivity contribution in [2.75, 3.05) is 64.3 Å². The Balaban J connectivity index is 0.000000156. The monoisotopic (exact) mass is 713 g/mol. The van der Waals surface area contributed by atoms with E-state index in [4.69, 9.17) is 0 Å². The van der Waals surface area contributed by atoms with Crippen LogP contribution in [-0.4, -0.2) is 90.3 Å². The Morgan fingerprint density at radius 2 is 1.27 bits per heavy atom. The number of fused-ring (bicyclic) bond motifs is 4. The molecule has 0 radical (unpaired) electrons. The SMILES string of the molecule is CN1CCC(=C2c3ccccc3C=Cc3ccccc32)CC1.O=C1[C@H]2CCCC[C@H]2C(=O)N1CCCCN1CCN(c2nsc3ccccc23)CC1. The second-order valence-electron chi connectivity index (χ2n) is 15.2. The van der Waals surface area contributed by atoms with Crippen molar-refractivity contribution < 1.29 is 9.59 Å². The summed E-state index contributed by atoms with van der Waals surface area (Å²) in [6.45, 7) is 8.05. The maximum Gasteiger partial charge on any atom is 0.233 e. The molecule has 3 aromatic carbocycles. The lowest BCUT2D eigenvalue weighted by molar-refractivity contribution is -0.140. The molecule has 1 aromatic heterocycles. The molecule has 0 N–H and O–H groups in total. The summed E-state index contributed by atoms with van der Waals surface area (Å²) in [6.07, 6.45) is 12.8. The minimum absolute atomic E-state index is 0.0128. The van der Waals surface area contributed by atoms with Crippen LogP contribution in [0.2, 0.25) is 0 Å². The van der Waals surface area contributed by atoms with E-state index in [1.54, 1.807) is 22.0 Å². The van der Waals surface area contributed by atoms with Crippen LogP contribution in [0.1, 0.15) is 73.6 Å². The number of unbranched alkanes of at least 4 members (excludes halogenated alkanes) is 1. The molecular weight excluding hydrogens is 663 g/mol. The van der Waals surface area contributed by atoms with Crippen molar-refractivity contribution in [1.82, 2.24) is 19.1 Å². The minimum atomic E-state index is -0.0128. The number of amides is 2. The molecule has 1 saturated carbocycles. The molecule has 0 spiro atoms. The zero-order valence-electron chi connectivity index (χ0n) is 30.5. The average Bonchev–Trinajstić information content (AvgIpc) is 3.67. The Morgan fingerprint density at radius 3 is 1.92 bits per heavy atom. The van der Waals surface area contributed by atoms with E-state index in [0.717, 1.165) is 90.2 Å². The number of aromatic nitrogens is 1. The quantitative estimate of drug-likeness (QED) is 0.131. The Bertz CT molecular complexity index is 1890. The molecule has 2 amide bonds. The zero-order chi connectivity index (χ0) is 35.4. The van der Waals surface area contributed by atoms with Gasteiger partial charge >= 0.3 is 0 Å². The van der Waals surface area contributed by atoms with E-state index in [1.165, 1.54) is 50.8 Å². The minimum Gasteiger partial charge on any atom is -0.353 e. The van der Waals surface area contributed by atoms with Crippen LogP contribution in [-0.2, 0) is 9.59 Å². The number of rotatable bonds is 6. The van der Waals surface area contributed by atoms with Gasteiger partial charge in [-0.15, -0.1) is 0 Å². The van der Waals surface area contributed by atoms with Crippen molar-refractivity contribution in [2.24, 2.45) is 11.8 Å². The third-order valence-electron chi connectivity index (χ3n) is 11.9. The van der Waals surface area contributed by atoms with Crippen LogP contribution in [0.25, 0.3) is 27.8 Å². The molecule has 5 aliphatic rings. The van der Waals surface area contributed by atoms with Gasteiger partial charge in [-0.2, -0.15) is 4.37 Å². The Labute approximate surface area is 312 Å². The molecule has 4 fully saturated rings. The molecule has 0 unspecified atom stereocenters. The first-order valence-electron chi connectivity index (χ1n) is 19.5. The van der Waals surface area contributed by atoms with Crippen LogP contribution in [0.4, 0.5) is 5.82 Å². The molecule has 3 aliphatic heterocycles. The number of anilines is 1. The van der Waals surface area contributed by atoms with Crippen LogP contribution in [0.5, 0.6) is 0 Å². The van der Waals surface area contributed by atoms with Crippen LogP contribution in [0.15, 0.2) is 78.4 Å². The van der Waals surface area contributed by atoms with Crippen molar-refractivity contribution in [1.29, 1.82) is 0 Å². The number of piperazine rings is 1. The van der Waals surface area contributed by atoms with Gasteiger partial charge in [-0.1, -0.05) is 91.2 Å². The first-order valence-corrected chi connectivity index (χ1v) is 20.3. The summed E-state index contributed by atoms with van der Waals surface area (Å²) in [5.74, 6) is 1.31. The van der Waals surface area contributed by atoms with Crippen molar-refractivity contribution in [2.45, 2.75) is 51.4 Å². The van der Waals surface area contributed by atoms with E-state index in [9.17, 15) is 9.59 Å². The first-order chi connectivity index (χ1) is 25.5. The van der Waals surface area contributed by atoms with Gasteiger partial charge in [-0.25, -0.2) is 0 Å². The molecule has 270 valence electrons. The fraction of sp³-hybridized carbons (Fsp3) is 0.432. The number of benzene rings is 3. The van der Waals surface area contributed by atoms with Crippen LogP contribution < -0.4 is 4.90 Å². The maximum absolute atomic E-state index is 12.6. The highest BCUT2D eigenvalue weighted by atomic mass is 32.1. The van der Waals surface area contributed by atoms with Crippen LogP contribution >= 0.6 is 11.5 Å². The topological polar surface area (TPSA) is 60.0 Å². The van der Waals surface area contributed by atoms with Gasteiger partial charge in [0.05, 0.1) is 16.5 Å². The number of carbonyl (C=O) groups is 2. The number of nitrogens with zero attached hydrogens (tertiary/aromatic N) is 5. The first kappa shape index (κ1) is 34.9. The molecule has 52 heavy (non-hydrogen) atoms. The summed E-state index contributed by atoms with van der Waals surface area (Å²) in [7, 11) is 2.22. The summed E-state index contributed by atoms with van der Waals surface area (Å²) in [4.78, 5) is 34.0. The van der Waals surface area contributed by atoms with E-state index in [0.29, 0.717) is 6.54 Å². The molecular formula is C44H51N5O2S. The molecule has 4 heterocycles. The van der Waals surface area contributed by atoms with E-state index in [2.05, 4.69) is 111 Å². The van der Waals surface area contributed by atoms with Gasteiger partial charge in [0.2, 0.25) is 11.8 Å². The predicted molar refractivity (Wildman–Crippen MR) is 214 cm³/mol. The number of likely N-dealkylation sites (tertiary alicyclic amines) is 2. The predicted octanol–water partition coefficient (Wildman–Crippen LogP) is 8.07. The van der Waals surface area contributed by atoms with Gasteiger partial charge in [0.25, 0.3) is 0 Å². The third kappa shape index (κ3) is 7.26. The lowest BCUT2D eigenvalue weighted by Gasteiger charge is -2.35. The number of hydrogen-bond acceptors (Lipinski definition) is 7. The maximum atomic E-state index is 12.6. The largest absolute Gasteiger partial charge is 0.353 e. The van der Waals surface area contributed by atoms with Crippen molar-refractivity contribution in [3.63, 3.8) is 0 Å². The highest BCUT2D eigenvalue weighted by molar-refractivity contribution is 7.13. The average molecular weight is 714 g/mol. The standard InChI is InChI=1S/C23H30N4O2S.C21H21N/c28-22-17-7-1-2-8-18(17)23(29)27(22)12-6-5-11-25-13-15-26(16-14-25)21-19-9-3-4-10-20(19)30-24-21;1-22-14-12-18(13-15-22)21-19-8-4-2-6-16(19)10-11-17-7-3-5-9-20(17)21/h3-4,9-10,17-18H,1-2,5-8,11-16H2;2-11H,12-15H2,1H3/t17-,18+;. The smallest absolute Gasteiger partial charge is 0.233 e. The zero-order valence-corrected chi connectivity index (χ0v) is 31.3. The molecule has 2 atom stereocenters. The molecule has 4 aromatic rings. The van der Waals surface area contributed by atoms with Gasteiger partial charge in [0, 0.05) is 51.2 Å². The summed E-state index contributed by atoms with van der Waals surface area (Å²) in [6, 6.07) is 26.1. The summed E-state index contributed by atoms with van der Waals surface area (Å²) >= 11 is 1.58. The van der Waals surface area contributed by atoms with Gasteiger partial charge in [-0.05, 0) is 104 Å². The number of imide groups is 1. The Morgan fingerprint density at radius 1 is 0.692 bits per heavy atom. The number of carbonyl (C=O) groups excluding carboxylic acids is 2. The molecule has 2 aliphatic carbocycles. The van der Waals surface area contributed by atoms with E-state index >= 15 is 0 Å². The highest BCUT2D eigenvalue weighted by Gasteiger charge is 2.47. The second kappa shape index (κ2) is 15.9. The Hall–Kier alpha value is -4.11. The number of hydrogen-bond donors (Lipinski definition) is 0. The van der Waals surface area contributed by atoms with Gasteiger partial charge in [0.15, 0.2) is 0 Å². The van der Waals surface area contributed by atoms with Crippen molar-refractivity contribution in [3.8, 4) is 0 Å². The molecule has 7 nitrogen and oxygen atoms in total. The van der Waals surface area contributed by atoms with E-state index in [-0.39, 0.29) is 23.7 Å². The molecule has 8 heteroatoms. The van der Waals surface area contributed by atoms with Crippen LogP contribution in [0.3, 0.4) is 0 Å². The summed E-state index contributed by atoms with van der Waals surface area (Å²) in [5.41, 5.74) is 8.54. The number of piperidine rings is 1. The Kier molecular flexibility index (Phi) is 10.7. The lowest BCUT2D eigenvalue weighted by atomic mass is 9.81. The van der Waals surface area contributed by atoms with Gasteiger partial charge in [0.1, 0.15) is 5.82 Å². The fourth-order valence-electron chi connectivity index (χ4n) is 8.92. The summed E-state index contributed by atoms with van der Waals surface area (Å²) < 4.78 is 5.94. The third-order valence-corrected chi connectivity index (χ3v) is 12.7. The molecule has 0 bridgehead atoms. The van der Waals surface area contributed by atoms with E-state index < -0.39 is 0 Å². The van der Waals surface area contributed by atoms with E-state index in [1.807, 2.05) is 0 Å². The summed E-state index contributed by atoms with van der Waals surface area (Å²) in [5, 5.41) is 1.26. The highest BCUT2D eigenvalue weighted by Crippen LogP contribution is 2.39. The van der Waals surface area contributed by atoms with Crippen molar-refractivity contribution in [3.05, 3.63) is 101 Å². The van der Waals surface area contributed by atoms with Crippen molar-refractivity contribution >= 4 is 57.0 Å². The molecule has 3 saturated heterocycles. The lowest BCUT2D eigenvalue weighted by Crippen LogP contribution is -2.46. The molecule has 9 rings (SSSR count). The van der Waals surface area contributed by atoms with Gasteiger partial charge < -0.3 is 9.80 Å². The van der Waals surface area contributed by atoms with Gasteiger partial charge in [-0.3, -0.25) is 19.4 Å².